The SMILES string of the molecule is CCC(N)c1ccc(N(CCOC)C(C)COC)cc1. The Morgan fingerprint density at radius 2 is 1.80 bits per heavy atom. The molecule has 1 aromatic rings. The third kappa shape index (κ3) is 4.78. The Balaban J connectivity index is 2.84. The van der Waals surface area contributed by atoms with Gasteiger partial charge in [0.2, 0.25) is 0 Å². The van der Waals surface area contributed by atoms with Crippen molar-refractivity contribution in [2.75, 3.05) is 38.9 Å². The summed E-state index contributed by atoms with van der Waals surface area (Å²) in [6.07, 6.45) is 0.951. The number of hydrogen-bond donors (Lipinski definition) is 1. The van der Waals surface area contributed by atoms with Gasteiger partial charge in [-0.1, -0.05) is 19.1 Å². The molecule has 20 heavy (non-hydrogen) atoms. The molecule has 114 valence electrons. The molecule has 2 unspecified atom stereocenters. The van der Waals surface area contributed by atoms with E-state index in [2.05, 4.69) is 43.0 Å². The van der Waals surface area contributed by atoms with E-state index >= 15 is 0 Å². The van der Waals surface area contributed by atoms with Crippen molar-refractivity contribution in [3.8, 4) is 0 Å². The summed E-state index contributed by atoms with van der Waals surface area (Å²) in [7, 11) is 3.46. The second-order valence-corrected chi connectivity index (χ2v) is 5.10. The van der Waals surface area contributed by atoms with Gasteiger partial charge >= 0.3 is 0 Å². The van der Waals surface area contributed by atoms with Crippen LogP contribution in [0.15, 0.2) is 24.3 Å². The fraction of sp³-hybridized carbons (Fsp3) is 0.625. The van der Waals surface area contributed by atoms with E-state index in [1.165, 1.54) is 11.3 Å². The minimum Gasteiger partial charge on any atom is -0.383 e. The van der Waals surface area contributed by atoms with Crippen LogP contribution in [0.4, 0.5) is 5.69 Å². The number of ether oxygens (including phenoxy) is 2. The zero-order valence-electron chi connectivity index (χ0n) is 13.1. The predicted octanol–water partition coefficient (Wildman–Crippen LogP) is 2.58. The summed E-state index contributed by atoms with van der Waals surface area (Å²) in [6, 6.07) is 8.92. The van der Waals surface area contributed by atoms with Crippen molar-refractivity contribution >= 4 is 5.69 Å². The lowest BCUT2D eigenvalue weighted by Gasteiger charge is -2.31. The van der Waals surface area contributed by atoms with Gasteiger partial charge in [-0.15, -0.1) is 0 Å². The average Bonchev–Trinajstić information content (AvgIpc) is 2.48. The van der Waals surface area contributed by atoms with Crippen molar-refractivity contribution < 1.29 is 9.47 Å². The molecular weight excluding hydrogens is 252 g/mol. The van der Waals surface area contributed by atoms with E-state index in [0.717, 1.165) is 13.0 Å². The summed E-state index contributed by atoms with van der Waals surface area (Å²) in [5, 5.41) is 0. The summed E-state index contributed by atoms with van der Waals surface area (Å²) in [4.78, 5) is 2.30. The highest BCUT2D eigenvalue weighted by Crippen LogP contribution is 2.21. The van der Waals surface area contributed by atoms with Crippen LogP contribution in [0, 0.1) is 0 Å². The van der Waals surface area contributed by atoms with Crippen molar-refractivity contribution in [1.29, 1.82) is 0 Å². The Bertz CT molecular complexity index is 367. The Kier molecular flexibility index (Phi) is 7.59. The van der Waals surface area contributed by atoms with Gasteiger partial charge < -0.3 is 20.1 Å². The maximum Gasteiger partial charge on any atom is 0.0663 e. The first kappa shape index (κ1) is 17.0. The van der Waals surface area contributed by atoms with Crippen LogP contribution in [-0.2, 0) is 9.47 Å². The van der Waals surface area contributed by atoms with Crippen LogP contribution in [-0.4, -0.2) is 40.0 Å². The summed E-state index contributed by atoms with van der Waals surface area (Å²) >= 11 is 0. The van der Waals surface area contributed by atoms with E-state index in [4.69, 9.17) is 15.2 Å². The molecule has 0 aliphatic rings. The molecule has 0 radical (unpaired) electrons. The molecule has 0 bridgehead atoms. The molecule has 0 aliphatic heterocycles. The maximum atomic E-state index is 6.05. The first-order valence-electron chi connectivity index (χ1n) is 7.24. The molecular formula is C16H28N2O2. The second kappa shape index (κ2) is 8.95. The molecule has 2 atom stereocenters. The Labute approximate surface area is 122 Å². The van der Waals surface area contributed by atoms with Gasteiger partial charge in [0.15, 0.2) is 0 Å². The number of nitrogens with zero attached hydrogens (tertiary/aromatic N) is 1. The van der Waals surface area contributed by atoms with Crippen molar-refractivity contribution in [3.05, 3.63) is 29.8 Å². The summed E-state index contributed by atoms with van der Waals surface area (Å²) in [5.41, 5.74) is 8.42. The van der Waals surface area contributed by atoms with Crippen molar-refractivity contribution in [2.45, 2.75) is 32.4 Å². The van der Waals surface area contributed by atoms with Gasteiger partial charge in [-0.2, -0.15) is 0 Å². The number of anilines is 1. The third-order valence-corrected chi connectivity index (χ3v) is 3.57. The van der Waals surface area contributed by atoms with Crippen LogP contribution >= 0.6 is 0 Å². The van der Waals surface area contributed by atoms with Gasteiger partial charge in [0, 0.05) is 38.5 Å². The minimum atomic E-state index is 0.118. The van der Waals surface area contributed by atoms with Crippen molar-refractivity contribution in [1.82, 2.24) is 0 Å². The lowest BCUT2D eigenvalue weighted by atomic mass is 10.0. The van der Waals surface area contributed by atoms with E-state index in [1.54, 1.807) is 14.2 Å². The monoisotopic (exact) mass is 280 g/mol. The minimum absolute atomic E-state index is 0.118. The topological polar surface area (TPSA) is 47.7 Å². The molecule has 4 nitrogen and oxygen atoms in total. The molecule has 0 aromatic heterocycles. The van der Waals surface area contributed by atoms with Crippen LogP contribution < -0.4 is 10.6 Å². The molecule has 0 spiro atoms. The zero-order chi connectivity index (χ0) is 15.0. The summed E-state index contributed by atoms with van der Waals surface area (Å²) < 4.78 is 10.5. The highest BCUT2D eigenvalue weighted by Gasteiger charge is 2.14. The quantitative estimate of drug-likeness (QED) is 0.755. The molecule has 1 rings (SSSR count). The van der Waals surface area contributed by atoms with Crippen molar-refractivity contribution in [3.63, 3.8) is 0 Å². The molecule has 0 heterocycles. The molecule has 0 saturated carbocycles. The van der Waals surface area contributed by atoms with E-state index in [9.17, 15) is 0 Å². The fourth-order valence-corrected chi connectivity index (χ4v) is 2.27. The van der Waals surface area contributed by atoms with Gasteiger partial charge in [-0.25, -0.2) is 0 Å². The molecule has 0 amide bonds. The van der Waals surface area contributed by atoms with E-state index in [0.29, 0.717) is 19.3 Å². The zero-order valence-corrected chi connectivity index (χ0v) is 13.1. The number of methoxy groups -OCH3 is 2. The predicted molar refractivity (Wildman–Crippen MR) is 84.2 cm³/mol. The van der Waals surface area contributed by atoms with Gasteiger partial charge in [-0.3, -0.25) is 0 Å². The highest BCUT2D eigenvalue weighted by atomic mass is 16.5. The Morgan fingerprint density at radius 1 is 1.15 bits per heavy atom. The van der Waals surface area contributed by atoms with Crippen LogP contribution in [0.3, 0.4) is 0 Å². The lowest BCUT2D eigenvalue weighted by Crippen LogP contribution is -2.38. The number of hydrogen-bond acceptors (Lipinski definition) is 4. The fourth-order valence-electron chi connectivity index (χ4n) is 2.27. The standard InChI is InChI=1S/C16H28N2O2/c1-5-16(17)14-6-8-15(9-7-14)18(10-11-19-3)13(2)12-20-4/h6-9,13,16H,5,10-12,17H2,1-4H3. The number of nitrogens with two attached hydrogens (primary N) is 1. The summed E-state index contributed by atoms with van der Waals surface area (Å²) in [6.45, 7) is 6.50. The Hall–Kier alpha value is -1.10. The lowest BCUT2D eigenvalue weighted by molar-refractivity contribution is 0.171. The number of benzene rings is 1. The van der Waals surface area contributed by atoms with Crippen LogP contribution in [0.2, 0.25) is 0 Å². The molecule has 1 aromatic carbocycles. The van der Waals surface area contributed by atoms with E-state index < -0.39 is 0 Å². The van der Waals surface area contributed by atoms with E-state index in [-0.39, 0.29) is 6.04 Å². The van der Waals surface area contributed by atoms with Gasteiger partial charge in [0.1, 0.15) is 0 Å². The van der Waals surface area contributed by atoms with Crippen LogP contribution in [0.1, 0.15) is 31.9 Å². The average molecular weight is 280 g/mol. The Morgan fingerprint density at radius 3 is 2.30 bits per heavy atom. The molecule has 4 heteroatoms. The molecule has 0 aliphatic carbocycles. The first-order chi connectivity index (χ1) is 9.63. The smallest absolute Gasteiger partial charge is 0.0663 e. The van der Waals surface area contributed by atoms with Gasteiger partial charge in [0.05, 0.1) is 13.2 Å². The molecule has 0 fully saturated rings. The van der Waals surface area contributed by atoms with Crippen LogP contribution in [0.5, 0.6) is 0 Å². The maximum absolute atomic E-state index is 6.05. The molecule has 0 saturated heterocycles. The molecule has 2 N–H and O–H groups in total. The largest absolute Gasteiger partial charge is 0.383 e. The van der Waals surface area contributed by atoms with Crippen LogP contribution in [0.25, 0.3) is 0 Å². The summed E-state index contributed by atoms with van der Waals surface area (Å²) in [5.74, 6) is 0. The third-order valence-electron chi connectivity index (χ3n) is 3.57. The van der Waals surface area contributed by atoms with Gasteiger partial charge in [0.25, 0.3) is 0 Å². The van der Waals surface area contributed by atoms with Crippen molar-refractivity contribution in [2.24, 2.45) is 5.73 Å². The first-order valence-corrected chi connectivity index (χ1v) is 7.24. The number of rotatable bonds is 9. The highest BCUT2D eigenvalue weighted by molar-refractivity contribution is 5.49. The van der Waals surface area contributed by atoms with Gasteiger partial charge in [-0.05, 0) is 31.0 Å². The normalized spacial score (nSPS) is 14.1. The second-order valence-electron chi connectivity index (χ2n) is 5.10. The van der Waals surface area contributed by atoms with E-state index in [1.807, 2.05) is 0 Å².